The van der Waals surface area contributed by atoms with Crippen molar-refractivity contribution in [1.29, 1.82) is 0 Å². The summed E-state index contributed by atoms with van der Waals surface area (Å²) in [5.41, 5.74) is 8.59. The van der Waals surface area contributed by atoms with E-state index in [9.17, 15) is 13.2 Å². The van der Waals surface area contributed by atoms with Crippen LogP contribution in [-0.4, -0.2) is 25.6 Å². The van der Waals surface area contributed by atoms with Gasteiger partial charge in [0.25, 0.3) is 0 Å². The van der Waals surface area contributed by atoms with Crippen molar-refractivity contribution in [2.45, 2.75) is 11.8 Å². The lowest BCUT2D eigenvalue weighted by atomic mass is 9.94. The van der Waals surface area contributed by atoms with Crippen molar-refractivity contribution < 1.29 is 13.2 Å². The Labute approximate surface area is 162 Å². The number of rotatable bonds is 4. The van der Waals surface area contributed by atoms with Gasteiger partial charge >= 0.3 is 0 Å². The van der Waals surface area contributed by atoms with Crippen LogP contribution >= 0.6 is 11.6 Å². The van der Waals surface area contributed by atoms with Gasteiger partial charge < -0.3 is 5.73 Å². The quantitative estimate of drug-likeness (QED) is 0.719. The van der Waals surface area contributed by atoms with E-state index >= 15 is 0 Å². The van der Waals surface area contributed by atoms with Gasteiger partial charge in [-0.15, -0.1) is 0 Å². The third kappa shape index (κ3) is 3.72. The highest BCUT2D eigenvalue weighted by molar-refractivity contribution is 7.90. The van der Waals surface area contributed by atoms with E-state index in [4.69, 9.17) is 17.3 Å². The maximum atomic E-state index is 12.3. The molecule has 27 heavy (non-hydrogen) atoms. The second kappa shape index (κ2) is 7.13. The molecule has 0 saturated carbocycles. The number of amides is 1. The number of aromatic nitrogens is 1. The van der Waals surface area contributed by atoms with Crippen LogP contribution in [0.2, 0.25) is 5.02 Å². The van der Waals surface area contributed by atoms with E-state index in [0.29, 0.717) is 33.0 Å². The highest BCUT2D eigenvalue weighted by Crippen LogP contribution is 2.37. The number of benzene rings is 2. The van der Waals surface area contributed by atoms with Crippen molar-refractivity contribution in [2.24, 2.45) is 5.73 Å². The van der Waals surface area contributed by atoms with Crippen LogP contribution in [0, 0.1) is 6.92 Å². The predicted molar refractivity (Wildman–Crippen MR) is 106 cm³/mol. The number of hydrogen-bond donors (Lipinski definition) is 1. The Morgan fingerprint density at radius 2 is 1.85 bits per heavy atom. The topological polar surface area (TPSA) is 90.1 Å². The number of nitrogens with two attached hydrogens (primary N) is 1. The van der Waals surface area contributed by atoms with Crippen LogP contribution in [0.4, 0.5) is 0 Å². The predicted octanol–water partition coefficient (Wildman–Crippen LogP) is 3.88. The summed E-state index contributed by atoms with van der Waals surface area (Å²) in [5.74, 6) is -0.618. The highest BCUT2D eigenvalue weighted by Gasteiger charge is 2.21. The zero-order chi connectivity index (χ0) is 19.8. The molecule has 0 bridgehead atoms. The Hall–Kier alpha value is -2.70. The highest BCUT2D eigenvalue weighted by atomic mass is 35.5. The van der Waals surface area contributed by atoms with Gasteiger partial charge in [-0.25, -0.2) is 8.42 Å². The summed E-state index contributed by atoms with van der Waals surface area (Å²) in [7, 11) is -3.53. The molecule has 138 valence electrons. The van der Waals surface area contributed by atoms with Gasteiger partial charge in [0.1, 0.15) is 0 Å². The van der Waals surface area contributed by atoms with Crippen molar-refractivity contribution in [3.05, 3.63) is 70.9 Å². The third-order valence-corrected chi connectivity index (χ3v) is 5.76. The Balaban J connectivity index is 2.34. The minimum Gasteiger partial charge on any atom is -0.366 e. The number of pyridine rings is 1. The van der Waals surface area contributed by atoms with Crippen molar-refractivity contribution in [3.63, 3.8) is 0 Å². The molecular weight excluding hydrogens is 384 g/mol. The molecule has 2 aromatic carbocycles. The Morgan fingerprint density at radius 3 is 2.44 bits per heavy atom. The zero-order valence-corrected chi connectivity index (χ0v) is 16.3. The molecule has 3 rings (SSSR count). The molecule has 0 aliphatic heterocycles. The van der Waals surface area contributed by atoms with Crippen molar-refractivity contribution in [2.75, 3.05) is 6.26 Å². The summed E-state index contributed by atoms with van der Waals surface area (Å²) in [4.78, 5) is 16.2. The molecule has 0 saturated heterocycles. The molecule has 2 N–H and O–H groups in total. The number of primary amides is 1. The Bertz CT molecular complexity index is 1140. The molecule has 0 aliphatic rings. The molecule has 0 radical (unpaired) electrons. The monoisotopic (exact) mass is 400 g/mol. The fourth-order valence-electron chi connectivity index (χ4n) is 3.02. The van der Waals surface area contributed by atoms with Crippen molar-refractivity contribution in [3.8, 4) is 22.4 Å². The molecule has 0 spiro atoms. The molecule has 0 fully saturated rings. The third-order valence-electron chi connectivity index (χ3n) is 4.29. The standard InChI is InChI=1S/C20H17ClN2O3S/c1-12-14(20(22)24)7-9-18(27(2,25)26)19(12)13-6-8-16(21)15(11-13)17-5-3-4-10-23-17/h3-11H,1-2H3,(H2,22,24). The first-order valence-electron chi connectivity index (χ1n) is 8.05. The van der Waals surface area contributed by atoms with Gasteiger partial charge in [0.05, 0.1) is 10.6 Å². The summed E-state index contributed by atoms with van der Waals surface area (Å²) in [6.45, 7) is 1.68. The summed E-state index contributed by atoms with van der Waals surface area (Å²) in [5, 5.41) is 0.488. The van der Waals surface area contributed by atoms with Gasteiger partial charge in [-0.1, -0.05) is 23.7 Å². The van der Waals surface area contributed by atoms with Crippen LogP contribution in [-0.2, 0) is 9.84 Å². The van der Waals surface area contributed by atoms with Crippen LogP contribution in [0.25, 0.3) is 22.4 Å². The largest absolute Gasteiger partial charge is 0.366 e. The summed E-state index contributed by atoms with van der Waals surface area (Å²) < 4.78 is 24.7. The molecule has 1 amide bonds. The van der Waals surface area contributed by atoms with Gasteiger partial charge in [0, 0.05) is 34.2 Å². The zero-order valence-electron chi connectivity index (χ0n) is 14.7. The first-order valence-corrected chi connectivity index (χ1v) is 10.3. The van der Waals surface area contributed by atoms with E-state index in [0.717, 1.165) is 6.26 Å². The first-order chi connectivity index (χ1) is 12.7. The van der Waals surface area contributed by atoms with Gasteiger partial charge in [0.2, 0.25) is 5.91 Å². The van der Waals surface area contributed by atoms with Gasteiger partial charge in [-0.2, -0.15) is 0 Å². The van der Waals surface area contributed by atoms with E-state index in [1.807, 2.05) is 12.1 Å². The summed E-state index contributed by atoms with van der Waals surface area (Å²) >= 11 is 6.34. The van der Waals surface area contributed by atoms with Crippen LogP contribution in [0.15, 0.2) is 59.6 Å². The number of hydrogen-bond acceptors (Lipinski definition) is 4. The fourth-order valence-corrected chi connectivity index (χ4v) is 4.19. The molecule has 0 unspecified atom stereocenters. The maximum absolute atomic E-state index is 12.3. The SMILES string of the molecule is Cc1c(C(N)=O)ccc(S(C)(=O)=O)c1-c1ccc(Cl)c(-c2ccccn2)c1. The average molecular weight is 401 g/mol. The summed E-state index contributed by atoms with van der Waals surface area (Å²) in [6, 6.07) is 13.5. The van der Waals surface area contributed by atoms with Gasteiger partial charge in [-0.05, 0) is 54.4 Å². The van der Waals surface area contributed by atoms with Crippen molar-refractivity contribution >= 4 is 27.3 Å². The minimum atomic E-state index is -3.53. The van der Waals surface area contributed by atoms with E-state index in [1.54, 1.807) is 37.4 Å². The van der Waals surface area contributed by atoms with Crippen LogP contribution < -0.4 is 5.73 Å². The molecular formula is C20H17ClN2O3S. The molecule has 1 aromatic heterocycles. The number of halogens is 1. The average Bonchev–Trinajstić information content (AvgIpc) is 2.61. The van der Waals surface area contributed by atoms with Gasteiger partial charge in [0.15, 0.2) is 9.84 Å². The fraction of sp³-hybridized carbons (Fsp3) is 0.100. The van der Waals surface area contributed by atoms with Crippen LogP contribution in [0.1, 0.15) is 15.9 Å². The number of carbonyl (C=O) groups is 1. The van der Waals surface area contributed by atoms with Crippen LogP contribution in [0.5, 0.6) is 0 Å². The second-order valence-corrected chi connectivity index (χ2v) is 8.55. The number of carbonyl (C=O) groups excluding carboxylic acids is 1. The van der Waals surface area contributed by atoms with Gasteiger partial charge in [-0.3, -0.25) is 9.78 Å². The Morgan fingerprint density at radius 1 is 1.11 bits per heavy atom. The van der Waals surface area contributed by atoms with Crippen molar-refractivity contribution in [1.82, 2.24) is 4.98 Å². The lowest BCUT2D eigenvalue weighted by molar-refractivity contribution is 0.0999. The molecule has 1 heterocycles. The lowest BCUT2D eigenvalue weighted by Gasteiger charge is -2.16. The van der Waals surface area contributed by atoms with E-state index in [-0.39, 0.29) is 10.5 Å². The molecule has 7 heteroatoms. The first kappa shape index (κ1) is 19.1. The number of nitrogens with zero attached hydrogens (tertiary/aromatic N) is 1. The molecule has 0 atom stereocenters. The maximum Gasteiger partial charge on any atom is 0.248 e. The normalized spacial score (nSPS) is 11.4. The summed E-state index contributed by atoms with van der Waals surface area (Å²) in [6.07, 6.45) is 2.78. The smallest absolute Gasteiger partial charge is 0.248 e. The molecule has 3 aromatic rings. The van der Waals surface area contributed by atoms with E-state index in [1.165, 1.54) is 12.1 Å². The Kier molecular flexibility index (Phi) is 5.04. The number of sulfone groups is 1. The van der Waals surface area contributed by atoms with Crippen LogP contribution in [0.3, 0.4) is 0 Å². The molecule has 0 aliphatic carbocycles. The minimum absolute atomic E-state index is 0.124. The van der Waals surface area contributed by atoms with E-state index in [2.05, 4.69) is 4.98 Å². The van der Waals surface area contributed by atoms with E-state index < -0.39 is 15.7 Å². The molecule has 5 nitrogen and oxygen atoms in total. The second-order valence-electron chi connectivity index (χ2n) is 6.16. The lowest BCUT2D eigenvalue weighted by Crippen LogP contribution is -2.14.